The lowest BCUT2D eigenvalue weighted by molar-refractivity contribution is -0.131. The molecule has 0 aliphatic carbocycles. The van der Waals surface area contributed by atoms with Gasteiger partial charge < -0.3 is 50.5 Å². The van der Waals surface area contributed by atoms with Crippen LogP contribution in [0, 0.1) is 127 Å². The molecule has 6 aromatic carbocycles. The number of anilines is 1. The summed E-state index contributed by atoms with van der Waals surface area (Å²) in [5.74, 6) is 7.62. The van der Waals surface area contributed by atoms with Gasteiger partial charge in [-0.05, 0) is 169 Å². The van der Waals surface area contributed by atoms with E-state index >= 15 is 0 Å². The number of carbonyl (C=O) groups is 8. The van der Waals surface area contributed by atoms with Crippen molar-refractivity contribution in [2.45, 2.75) is 301 Å². The number of ether oxygens (including phenoxy) is 3. The minimum atomic E-state index is -0.358. The van der Waals surface area contributed by atoms with Crippen LogP contribution in [0.3, 0.4) is 0 Å². The van der Waals surface area contributed by atoms with Crippen molar-refractivity contribution in [3.63, 3.8) is 0 Å². The third kappa shape index (κ3) is 47.4. The Hall–Kier alpha value is -10.6. The first-order valence-electron chi connectivity index (χ1n) is 49.6. The molecule has 7 N–H and O–H groups in total. The van der Waals surface area contributed by atoms with Crippen LogP contribution in [-0.4, -0.2) is 91.9 Å². The second-order valence-corrected chi connectivity index (χ2v) is 46.2. The van der Waals surface area contributed by atoms with E-state index in [9.17, 15) is 38.4 Å². The number of hydrogen-bond acceptors (Lipinski definition) is 14. The molecule has 0 fully saturated rings. The van der Waals surface area contributed by atoms with Gasteiger partial charge in [-0.15, -0.1) is 11.5 Å². The lowest BCUT2D eigenvalue weighted by Crippen LogP contribution is -2.41. The summed E-state index contributed by atoms with van der Waals surface area (Å²) in [5.41, 5.74) is 7.89. The number of nitrogens with zero attached hydrogens (tertiary/aromatic N) is 2. The van der Waals surface area contributed by atoms with Gasteiger partial charge in [0.2, 0.25) is 47.2 Å². The van der Waals surface area contributed by atoms with Crippen molar-refractivity contribution < 1.29 is 57.0 Å². The maximum absolute atomic E-state index is 12.5. The van der Waals surface area contributed by atoms with Crippen LogP contribution in [0.2, 0.25) is 0 Å². The monoisotopic (exact) mass is 1910 g/mol. The van der Waals surface area contributed by atoms with E-state index in [-0.39, 0.29) is 139 Å². The average molecular weight is 1910 g/mol. The SMILES string of the molecule is C#Cc1ccc(CNC(=O)C(C(C)C)C(C)(C)C)cc1.CC(=O)Nc1nnc(C(C(C)C)C(C)(C)C)o1.CC(C)C(C(=O)NCCCc1ccccc1)C(C)(C)C.CC(C)C(C(=O)NCCc1ccccc1)C(C)(C)C.COC(=O)c1ccc(CNC(=O)C(C(C)C)C(C)(C)C)cc1.COc1cccc(CNC(=O)C(C(C)C)C(C)(C)C)c1.COc1ccccc1CNC(=O)C(C(C)C)C(C)(C)C. The molecule has 0 saturated carbocycles. The molecule has 0 bridgehead atoms. The molecule has 7 aromatic rings. The standard InChI is InChI=1S/C18H27NO3.C18H29NO.C18H25NO.2C17H27NO2.C17H27NO.C12H21N3O2/c1-12(2)15(18(3,4)5)16(20)19-11-13-7-9-14(10-8-13)17(21)22-6;1-14(2)16(18(3,4)5)17(20)19-13-9-12-15-10-7-6-8-11-15;1-7-14-8-10-15(11-9-14)12-19-17(20)16(13(2)3)18(4,5)6;1-12(2)15(17(3,4)5)16(19)18-11-13-8-7-9-14(10-13)20-6;1-12(2)15(17(3,4)5)16(19)18-11-13-9-7-8-10-14(13)20-6;1-13(2)15(17(3,4)5)16(19)18-12-11-14-9-7-6-8-10-14;1-7(2)9(12(4,5)6)10-14-15-11(17-10)13-8(3)16/h7-10,12,15H,11H2,1-6H3,(H,19,20);6-8,10-11,14,16H,9,12-13H2,1-5H3,(H,19,20);1,8-11,13,16H,12H2,2-6H3,(H,19,20);2*7-10,12,15H,11H2,1-6H3,(H,18,19);6-10,13,15H,11-12H2,1-5H3,(H,18,19);7,9H,1-6H3,(H,13,15,16). The maximum atomic E-state index is 12.5. The number of esters is 1. The second kappa shape index (κ2) is 59.7. The number of methoxy groups -OCH3 is 3. The van der Waals surface area contributed by atoms with Crippen LogP contribution in [0.4, 0.5) is 6.01 Å². The van der Waals surface area contributed by atoms with Crippen molar-refractivity contribution in [3.8, 4) is 23.8 Å². The number of rotatable bonds is 33. The fraction of sp³-hybridized carbons (Fsp3) is 0.590. The molecule has 21 heteroatoms. The van der Waals surface area contributed by atoms with Gasteiger partial charge in [-0.2, -0.15) is 0 Å². The summed E-state index contributed by atoms with van der Waals surface area (Å²) in [6.45, 7) is 78.9. The lowest BCUT2D eigenvalue weighted by atomic mass is 9.74. The Morgan fingerprint density at radius 2 is 0.696 bits per heavy atom. The van der Waals surface area contributed by atoms with Crippen LogP contribution in [0.15, 0.2) is 162 Å². The van der Waals surface area contributed by atoms with E-state index in [4.69, 9.17) is 20.3 Å². The molecular formula is C117H183N9O12. The van der Waals surface area contributed by atoms with Gasteiger partial charge in [0.15, 0.2) is 0 Å². The highest BCUT2D eigenvalue weighted by molar-refractivity contribution is 5.89. The van der Waals surface area contributed by atoms with Crippen LogP contribution in [0.1, 0.15) is 317 Å². The summed E-state index contributed by atoms with van der Waals surface area (Å²) in [4.78, 5) is 96.6. The van der Waals surface area contributed by atoms with Crippen molar-refractivity contribution in [2.75, 3.05) is 39.7 Å². The number of aromatic nitrogens is 2. The molecule has 0 radical (unpaired) electrons. The minimum Gasteiger partial charge on any atom is -0.497 e. The number of terminal acetylenes is 1. The Morgan fingerprint density at radius 3 is 1.04 bits per heavy atom. The number of amides is 7. The molecule has 21 nitrogen and oxygen atoms in total. The summed E-state index contributed by atoms with van der Waals surface area (Å²) in [5, 5.41) is 28.6. The van der Waals surface area contributed by atoms with Gasteiger partial charge in [-0.25, -0.2) is 4.79 Å². The summed E-state index contributed by atoms with van der Waals surface area (Å²) in [6, 6.07) is 51.1. The number of hydrogen-bond donors (Lipinski definition) is 7. The molecule has 0 spiro atoms. The van der Waals surface area contributed by atoms with E-state index in [0.29, 0.717) is 79.7 Å². The van der Waals surface area contributed by atoms with E-state index in [1.807, 2.05) is 109 Å². The zero-order valence-corrected chi connectivity index (χ0v) is 92.3. The van der Waals surface area contributed by atoms with Crippen LogP contribution in [-0.2, 0) is 77.3 Å². The molecule has 0 aliphatic heterocycles. The Balaban J connectivity index is 0.000000806. The van der Waals surface area contributed by atoms with Crippen LogP contribution < -0.4 is 46.7 Å². The smallest absolute Gasteiger partial charge is 0.337 e. The summed E-state index contributed by atoms with van der Waals surface area (Å²) in [7, 11) is 4.65. The molecule has 138 heavy (non-hydrogen) atoms. The normalized spacial score (nSPS) is 13.2. The first kappa shape index (κ1) is 125. The number of para-hydroxylation sites is 1. The number of carbonyl (C=O) groups excluding carboxylic acids is 8. The predicted octanol–water partition coefficient (Wildman–Crippen LogP) is 24.8. The molecule has 768 valence electrons. The van der Waals surface area contributed by atoms with Gasteiger partial charge in [-0.1, -0.05) is 369 Å². The van der Waals surface area contributed by atoms with E-state index < -0.39 is 0 Å². The van der Waals surface area contributed by atoms with Gasteiger partial charge in [0.05, 0.1) is 26.9 Å². The first-order chi connectivity index (χ1) is 63.8. The first-order valence-corrected chi connectivity index (χ1v) is 49.6. The van der Waals surface area contributed by atoms with Gasteiger partial charge in [0.1, 0.15) is 11.5 Å². The summed E-state index contributed by atoms with van der Waals surface area (Å²) in [6.07, 6.45) is 8.22. The largest absolute Gasteiger partial charge is 0.497 e. The number of nitrogens with one attached hydrogen (secondary N) is 7. The second-order valence-electron chi connectivity index (χ2n) is 46.2. The van der Waals surface area contributed by atoms with E-state index in [0.717, 1.165) is 65.1 Å². The molecule has 1 heterocycles. The third-order valence-corrected chi connectivity index (χ3v) is 23.9. The van der Waals surface area contributed by atoms with Gasteiger partial charge in [0, 0.05) is 98.7 Å². The Bertz CT molecular complexity index is 4760. The molecule has 0 saturated heterocycles. The highest BCUT2D eigenvalue weighted by Gasteiger charge is 2.40. The Morgan fingerprint density at radius 1 is 0.355 bits per heavy atom. The summed E-state index contributed by atoms with van der Waals surface area (Å²) < 4.78 is 20.6. The van der Waals surface area contributed by atoms with Crippen LogP contribution in [0.5, 0.6) is 11.5 Å². The number of aryl methyl sites for hydroxylation is 1. The van der Waals surface area contributed by atoms with Gasteiger partial charge in [-0.3, -0.25) is 38.9 Å². The van der Waals surface area contributed by atoms with Crippen LogP contribution in [0.25, 0.3) is 0 Å². The van der Waals surface area contributed by atoms with E-state index in [1.54, 1.807) is 26.4 Å². The summed E-state index contributed by atoms with van der Waals surface area (Å²) >= 11 is 0. The zero-order valence-electron chi connectivity index (χ0n) is 92.3. The van der Waals surface area contributed by atoms with Gasteiger partial charge in [0.25, 0.3) is 0 Å². The van der Waals surface area contributed by atoms with Crippen molar-refractivity contribution in [3.05, 3.63) is 208 Å². The molecular weight excluding hydrogens is 1720 g/mol. The van der Waals surface area contributed by atoms with Crippen molar-refractivity contribution in [1.82, 2.24) is 42.1 Å². The highest BCUT2D eigenvalue weighted by atomic mass is 16.5. The number of benzene rings is 6. The third-order valence-electron chi connectivity index (χ3n) is 23.9. The highest BCUT2D eigenvalue weighted by Crippen LogP contribution is 2.42. The molecule has 7 amide bonds. The molecule has 7 unspecified atom stereocenters. The molecule has 1 aromatic heterocycles. The maximum Gasteiger partial charge on any atom is 0.337 e. The van der Waals surface area contributed by atoms with Crippen molar-refractivity contribution in [1.29, 1.82) is 0 Å². The quantitative estimate of drug-likeness (QED) is 0.0114. The van der Waals surface area contributed by atoms with Crippen molar-refractivity contribution in [2.24, 2.45) is 115 Å². The molecule has 7 atom stereocenters. The van der Waals surface area contributed by atoms with Crippen LogP contribution >= 0.6 is 0 Å². The van der Waals surface area contributed by atoms with E-state index in [2.05, 4.69) is 337 Å². The Kier molecular flexibility index (Phi) is 54.3. The fourth-order valence-electron chi connectivity index (χ4n) is 19.2. The Labute approximate surface area is 834 Å². The molecule has 0 aliphatic rings. The molecule has 7 rings (SSSR count). The average Bonchev–Trinajstić information content (AvgIpc) is 1.66. The lowest BCUT2D eigenvalue weighted by Gasteiger charge is -2.32. The minimum absolute atomic E-state index is 0.00259. The topological polar surface area (TPSA) is 287 Å². The van der Waals surface area contributed by atoms with Crippen molar-refractivity contribution >= 4 is 53.3 Å². The van der Waals surface area contributed by atoms with E-state index in [1.165, 1.54) is 25.2 Å². The fourth-order valence-corrected chi connectivity index (χ4v) is 19.2. The van der Waals surface area contributed by atoms with Gasteiger partial charge >= 0.3 is 12.0 Å². The predicted molar refractivity (Wildman–Crippen MR) is 569 cm³/mol. The zero-order chi connectivity index (χ0) is 106.